The van der Waals surface area contributed by atoms with Crippen molar-refractivity contribution in [1.82, 2.24) is 21.3 Å². The highest BCUT2D eigenvalue weighted by Gasteiger charge is 2.20. The number of carbonyl (C=O) groups excluding carboxylic acids is 4. The van der Waals surface area contributed by atoms with Gasteiger partial charge in [-0.25, -0.2) is 4.79 Å². The highest BCUT2D eigenvalue weighted by Crippen LogP contribution is 2.12. The average Bonchev–Trinajstić information content (AvgIpc) is 3.03. The van der Waals surface area contributed by atoms with Gasteiger partial charge in [-0.1, -0.05) is 67.5 Å². The lowest BCUT2D eigenvalue weighted by molar-refractivity contribution is -0.142. The number of carbonyl (C=O) groups is 6. The molecular formula is C33H61N4O10P. The summed E-state index contributed by atoms with van der Waals surface area (Å²) in [6.07, 6.45) is 12.4. The van der Waals surface area contributed by atoms with Gasteiger partial charge in [0.2, 0.25) is 17.7 Å². The number of aliphatic carboxylic acids is 2. The third kappa shape index (κ3) is 29.5. The van der Waals surface area contributed by atoms with Crippen molar-refractivity contribution in [2.75, 3.05) is 46.1 Å². The molecule has 1 unspecified atom stereocenters. The van der Waals surface area contributed by atoms with Crippen molar-refractivity contribution >= 4 is 44.4 Å². The number of likely N-dealkylation sites (N-methyl/N-ethyl adjacent to an activating group) is 1. The summed E-state index contributed by atoms with van der Waals surface area (Å²) in [4.78, 5) is 69.7. The Morgan fingerprint density at radius 2 is 1.19 bits per heavy atom. The first-order valence-corrected chi connectivity index (χ1v) is 18.1. The molecule has 0 heterocycles. The molecule has 0 aromatic heterocycles. The molecule has 6 N–H and O–H groups in total. The summed E-state index contributed by atoms with van der Waals surface area (Å²) in [5.74, 6) is -2.83. The number of amides is 3. The summed E-state index contributed by atoms with van der Waals surface area (Å²) in [6.45, 7) is 3.99. The third-order valence-corrected chi connectivity index (χ3v) is 7.95. The monoisotopic (exact) mass is 704 g/mol. The zero-order chi connectivity index (χ0) is 35.8. The average molecular weight is 705 g/mol. The van der Waals surface area contributed by atoms with E-state index in [1.165, 1.54) is 0 Å². The van der Waals surface area contributed by atoms with E-state index in [-0.39, 0.29) is 87.9 Å². The summed E-state index contributed by atoms with van der Waals surface area (Å²) in [7, 11) is 2.20. The molecule has 0 bridgehead atoms. The normalized spacial score (nSPS) is 12.2. The van der Waals surface area contributed by atoms with E-state index < -0.39 is 18.0 Å². The summed E-state index contributed by atoms with van der Waals surface area (Å²) in [5.41, 5.74) is 0.0341. The van der Waals surface area contributed by atoms with E-state index in [1.54, 1.807) is 0 Å². The molecule has 0 aliphatic rings. The molecule has 14 nitrogen and oxygen atoms in total. The van der Waals surface area contributed by atoms with Crippen molar-refractivity contribution in [2.45, 2.75) is 128 Å². The molecule has 48 heavy (non-hydrogen) atoms. The predicted octanol–water partition coefficient (Wildman–Crippen LogP) is 2.92. The zero-order valence-corrected chi connectivity index (χ0v) is 30.0. The molecule has 0 aliphatic heterocycles. The minimum Gasteiger partial charge on any atom is -0.481 e. The highest BCUT2D eigenvalue weighted by atomic mass is 31.0. The van der Waals surface area contributed by atoms with Gasteiger partial charge in [0.1, 0.15) is 12.6 Å². The van der Waals surface area contributed by atoms with Crippen LogP contribution in [0.5, 0.6) is 0 Å². The molecule has 0 fully saturated rings. The van der Waals surface area contributed by atoms with Crippen LogP contribution in [-0.4, -0.2) is 104 Å². The van der Waals surface area contributed by atoms with Crippen molar-refractivity contribution in [3.8, 4) is 0 Å². The highest BCUT2D eigenvalue weighted by molar-refractivity contribution is 7.40. The van der Waals surface area contributed by atoms with E-state index >= 15 is 0 Å². The van der Waals surface area contributed by atoms with E-state index in [4.69, 9.17) is 14.6 Å². The van der Waals surface area contributed by atoms with Gasteiger partial charge in [-0.15, -0.1) is 0 Å². The first kappa shape index (κ1) is 45.3. The van der Waals surface area contributed by atoms with E-state index in [0.717, 1.165) is 77.2 Å². The van der Waals surface area contributed by atoms with Gasteiger partial charge in [-0.3, -0.25) is 24.0 Å². The number of rotatable bonds is 34. The van der Waals surface area contributed by atoms with Crippen LogP contribution in [0.15, 0.2) is 0 Å². The predicted molar refractivity (Wildman–Crippen MR) is 186 cm³/mol. The van der Waals surface area contributed by atoms with Gasteiger partial charge in [0, 0.05) is 32.4 Å². The number of hydrogen-bond donors (Lipinski definition) is 6. The van der Waals surface area contributed by atoms with E-state index in [0.29, 0.717) is 19.4 Å². The Hall–Kier alpha value is -2.67. The van der Waals surface area contributed by atoms with Gasteiger partial charge in [0.25, 0.3) is 0 Å². The van der Waals surface area contributed by atoms with Gasteiger partial charge in [-0.05, 0) is 45.1 Å². The van der Waals surface area contributed by atoms with Crippen LogP contribution in [0.3, 0.4) is 0 Å². The first-order valence-electron chi connectivity index (χ1n) is 17.5. The van der Waals surface area contributed by atoms with Crippen LogP contribution in [0.25, 0.3) is 0 Å². The minimum atomic E-state index is -1.18. The molecule has 3 atom stereocenters. The molecule has 0 saturated heterocycles. The van der Waals surface area contributed by atoms with E-state index in [2.05, 4.69) is 30.5 Å². The maximum atomic E-state index is 12.2. The molecule has 15 heteroatoms. The molecule has 0 spiro atoms. The van der Waals surface area contributed by atoms with Crippen LogP contribution >= 0.6 is 9.24 Å². The lowest BCUT2D eigenvalue weighted by Gasteiger charge is -2.14. The fourth-order valence-corrected chi connectivity index (χ4v) is 5.14. The summed E-state index contributed by atoms with van der Waals surface area (Å²) in [5, 5.41) is 29.1. The molecular weight excluding hydrogens is 643 g/mol. The van der Waals surface area contributed by atoms with Crippen LogP contribution in [0.1, 0.15) is 116 Å². The van der Waals surface area contributed by atoms with Gasteiger partial charge < -0.3 is 41.0 Å². The second-order valence-electron chi connectivity index (χ2n) is 11.8. The summed E-state index contributed by atoms with van der Waals surface area (Å²) in [6, 6.07) is -1.31. The van der Waals surface area contributed by atoms with Gasteiger partial charge in [0.05, 0.1) is 25.9 Å². The quantitative estimate of drug-likeness (QED) is 0.0424. The minimum absolute atomic E-state index is 0.0197. The number of unbranched alkanes of at least 4 members (excludes halogenated alkanes) is 10. The van der Waals surface area contributed by atoms with Crippen molar-refractivity contribution in [1.29, 1.82) is 0 Å². The van der Waals surface area contributed by atoms with Crippen LogP contribution in [0.2, 0.25) is 0 Å². The standard InChI is InChI=1S/C33H61N4O10P/c1-2-34-27(33(45)48)15-13-14-20-35-30(40)25-47-24-23-46-22-21-36-28(38)19-18-26(32(43)44)37-29(39)16-11-9-7-5-3-4-6-8-10-12-17-31(41)42/h26-27,34H,2-25,48H2,1H3,(H,35,40)(H,36,38)(H,37,39)(H,41,42)(H,43,44)/t26-,27-/m0/s1. The van der Waals surface area contributed by atoms with E-state index in [1.807, 2.05) is 6.92 Å². The Morgan fingerprint density at radius 3 is 1.77 bits per heavy atom. The van der Waals surface area contributed by atoms with Crippen molar-refractivity contribution < 1.29 is 48.5 Å². The second kappa shape index (κ2) is 31.6. The van der Waals surface area contributed by atoms with Crippen molar-refractivity contribution in [2.24, 2.45) is 0 Å². The number of carboxylic acids is 2. The number of carboxylic acid groups (broad SMARTS) is 2. The fourth-order valence-electron chi connectivity index (χ4n) is 4.85. The van der Waals surface area contributed by atoms with Gasteiger partial charge in [0.15, 0.2) is 5.52 Å². The van der Waals surface area contributed by atoms with Crippen LogP contribution < -0.4 is 21.3 Å². The van der Waals surface area contributed by atoms with Gasteiger partial charge in [-0.2, -0.15) is 0 Å². The van der Waals surface area contributed by atoms with Crippen molar-refractivity contribution in [3.63, 3.8) is 0 Å². The Morgan fingerprint density at radius 1 is 0.604 bits per heavy atom. The SMILES string of the molecule is CCN[C@@H](CCCCNC(=O)COCCOCCNC(=O)CC[C@H](NC(=O)CCCCCCCCCCCCC(=O)O)C(=O)O)C(=O)P. The first-order chi connectivity index (χ1) is 23.1. The topological polar surface area (TPSA) is 209 Å². The Balaban J connectivity index is 3.76. The van der Waals surface area contributed by atoms with Crippen molar-refractivity contribution in [3.05, 3.63) is 0 Å². The largest absolute Gasteiger partial charge is 0.481 e. The molecule has 0 aromatic carbocycles. The van der Waals surface area contributed by atoms with Crippen LogP contribution in [0.4, 0.5) is 0 Å². The van der Waals surface area contributed by atoms with Crippen LogP contribution in [-0.2, 0) is 38.2 Å². The Labute approximate surface area is 288 Å². The zero-order valence-electron chi connectivity index (χ0n) is 28.9. The molecule has 0 aliphatic carbocycles. The molecule has 0 radical (unpaired) electrons. The maximum absolute atomic E-state index is 12.2. The second-order valence-corrected chi connectivity index (χ2v) is 12.4. The molecule has 0 rings (SSSR count). The molecule has 0 saturated carbocycles. The number of ether oxygens (including phenoxy) is 2. The lowest BCUT2D eigenvalue weighted by atomic mass is 10.0. The number of hydrogen-bond acceptors (Lipinski definition) is 9. The van der Waals surface area contributed by atoms with E-state index in [9.17, 15) is 33.9 Å². The Kier molecular flexibility index (Phi) is 29.8. The van der Waals surface area contributed by atoms with Gasteiger partial charge >= 0.3 is 11.9 Å². The molecule has 0 aromatic rings. The Bertz CT molecular complexity index is 925. The van der Waals surface area contributed by atoms with Crippen LogP contribution in [0, 0.1) is 0 Å². The molecule has 3 amide bonds. The maximum Gasteiger partial charge on any atom is 0.326 e. The molecule has 278 valence electrons. The fraction of sp³-hybridized carbons (Fsp3) is 0.818. The third-order valence-electron chi connectivity index (χ3n) is 7.55. The lowest BCUT2D eigenvalue weighted by Crippen LogP contribution is -2.41. The summed E-state index contributed by atoms with van der Waals surface area (Å²) < 4.78 is 10.7. The summed E-state index contributed by atoms with van der Waals surface area (Å²) >= 11 is 0. The smallest absolute Gasteiger partial charge is 0.326 e. The number of nitrogens with one attached hydrogen (secondary N) is 4.